The number of aromatic nitrogens is 2. The molecule has 0 fully saturated rings. The summed E-state index contributed by atoms with van der Waals surface area (Å²) in [5.74, 6) is -0.693. The molecule has 0 aliphatic carbocycles. The first-order chi connectivity index (χ1) is 8.99. The predicted octanol–water partition coefficient (Wildman–Crippen LogP) is 0.138. The molecule has 1 heterocycles. The largest absolute Gasteiger partial charge is 0.368 e. The van der Waals surface area contributed by atoms with E-state index in [2.05, 4.69) is 0 Å². The molecule has 2 aromatic rings. The van der Waals surface area contributed by atoms with E-state index in [1.165, 1.54) is 12.4 Å². The summed E-state index contributed by atoms with van der Waals surface area (Å²) in [6.45, 7) is -0.329. The summed E-state index contributed by atoms with van der Waals surface area (Å²) >= 11 is 5.83. The van der Waals surface area contributed by atoms with Crippen LogP contribution >= 0.6 is 11.6 Å². The minimum absolute atomic E-state index is 0.329. The lowest BCUT2D eigenvalue weighted by molar-refractivity contribution is -0.118. The molecule has 2 rings (SSSR count). The second-order valence-electron chi connectivity index (χ2n) is 3.85. The van der Waals surface area contributed by atoms with Crippen molar-refractivity contribution < 1.29 is 4.79 Å². The Morgan fingerprint density at radius 2 is 1.95 bits per heavy atom. The first kappa shape index (κ1) is 13.1. The first-order valence-electron chi connectivity index (χ1n) is 5.35. The maximum atomic E-state index is 11.9. The highest BCUT2D eigenvalue weighted by Gasteiger charge is 2.08. The number of amides is 1. The van der Waals surface area contributed by atoms with Crippen LogP contribution in [0.5, 0.6) is 0 Å². The van der Waals surface area contributed by atoms with Gasteiger partial charge in [-0.05, 0) is 18.2 Å². The fourth-order valence-corrected chi connectivity index (χ4v) is 1.81. The zero-order valence-electron chi connectivity index (χ0n) is 9.75. The number of nitrogens with zero attached hydrogens (tertiary/aromatic N) is 2. The number of carbonyl (C=O) groups is 1. The maximum absolute atomic E-state index is 11.9. The van der Waals surface area contributed by atoms with Crippen LogP contribution in [0.1, 0.15) is 0 Å². The van der Waals surface area contributed by atoms with Gasteiger partial charge in [0.1, 0.15) is 6.54 Å². The molecule has 0 radical (unpaired) electrons. The van der Waals surface area contributed by atoms with Crippen LogP contribution in [0.2, 0.25) is 5.02 Å². The van der Waals surface area contributed by atoms with Crippen LogP contribution in [0.15, 0.2) is 46.2 Å². The molecule has 0 atom stereocenters. The lowest BCUT2D eigenvalue weighted by Gasteiger charge is -2.07. The van der Waals surface area contributed by atoms with E-state index in [9.17, 15) is 14.4 Å². The number of primary amides is 1. The van der Waals surface area contributed by atoms with Gasteiger partial charge >= 0.3 is 11.1 Å². The summed E-state index contributed by atoms with van der Waals surface area (Å²) in [5, 5.41) is 0.450. The monoisotopic (exact) mass is 279 g/mol. The number of nitrogens with two attached hydrogens (primary N) is 1. The molecule has 6 nitrogen and oxygen atoms in total. The molecule has 2 N–H and O–H groups in total. The number of carbonyl (C=O) groups excluding carboxylic acids is 1. The van der Waals surface area contributed by atoms with Crippen LogP contribution in [0.25, 0.3) is 5.69 Å². The zero-order chi connectivity index (χ0) is 14.0. The van der Waals surface area contributed by atoms with Crippen LogP contribution in [0.4, 0.5) is 0 Å². The molecule has 1 aromatic carbocycles. The average Bonchev–Trinajstić information content (AvgIpc) is 2.35. The van der Waals surface area contributed by atoms with Gasteiger partial charge < -0.3 is 5.73 Å². The van der Waals surface area contributed by atoms with E-state index < -0.39 is 17.0 Å². The van der Waals surface area contributed by atoms with Gasteiger partial charge in [-0.1, -0.05) is 17.7 Å². The third-order valence-electron chi connectivity index (χ3n) is 2.47. The van der Waals surface area contributed by atoms with Crippen LogP contribution in [0, 0.1) is 0 Å². The van der Waals surface area contributed by atoms with Crippen LogP contribution in [-0.4, -0.2) is 15.0 Å². The number of halogens is 1. The highest BCUT2D eigenvalue weighted by atomic mass is 35.5. The van der Waals surface area contributed by atoms with Crippen molar-refractivity contribution in [2.24, 2.45) is 5.73 Å². The van der Waals surface area contributed by atoms with E-state index in [4.69, 9.17) is 17.3 Å². The van der Waals surface area contributed by atoms with Crippen molar-refractivity contribution in [1.82, 2.24) is 9.13 Å². The van der Waals surface area contributed by atoms with E-state index in [1.54, 1.807) is 24.3 Å². The number of hydrogen-bond acceptors (Lipinski definition) is 3. The van der Waals surface area contributed by atoms with Crippen LogP contribution < -0.4 is 16.9 Å². The van der Waals surface area contributed by atoms with E-state index in [-0.39, 0.29) is 6.54 Å². The fraction of sp³-hybridized carbons (Fsp3) is 0.0833. The lowest BCUT2D eigenvalue weighted by atomic mass is 10.3. The van der Waals surface area contributed by atoms with Gasteiger partial charge in [-0.3, -0.25) is 23.5 Å². The smallest absolute Gasteiger partial charge is 0.320 e. The van der Waals surface area contributed by atoms with Gasteiger partial charge in [-0.25, -0.2) is 0 Å². The van der Waals surface area contributed by atoms with Crippen molar-refractivity contribution in [2.45, 2.75) is 6.54 Å². The molecule has 0 bridgehead atoms. The lowest BCUT2D eigenvalue weighted by Crippen LogP contribution is -2.41. The number of hydrogen-bond donors (Lipinski definition) is 1. The quantitative estimate of drug-likeness (QED) is 0.811. The second kappa shape index (κ2) is 5.11. The van der Waals surface area contributed by atoms with E-state index in [0.29, 0.717) is 10.7 Å². The molecule has 0 aliphatic rings. The van der Waals surface area contributed by atoms with Gasteiger partial charge in [0, 0.05) is 17.4 Å². The Labute approximate surface area is 112 Å². The molecule has 0 saturated carbocycles. The average molecular weight is 280 g/mol. The molecule has 0 aliphatic heterocycles. The van der Waals surface area contributed by atoms with E-state index >= 15 is 0 Å². The summed E-state index contributed by atoms with van der Waals surface area (Å²) in [4.78, 5) is 34.5. The minimum atomic E-state index is -0.818. The third kappa shape index (κ3) is 2.74. The van der Waals surface area contributed by atoms with Crippen molar-refractivity contribution in [3.63, 3.8) is 0 Å². The third-order valence-corrected chi connectivity index (χ3v) is 2.71. The van der Waals surface area contributed by atoms with Gasteiger partial charge in [-0.2, -0.15) is 0 Å². The van der Waals surface area contributed by atoms with Crippen molar-refractivity contribution in [2.75, 3.05) is 0 Å². The van der Waals surface area contributed by atoms with Crippen LogP contribution in [0.3, 0.4) is 0 Å². The molecule has 7 heteroatoms. The highest BCUT2D eigenvalue weighted by molar-refractivity contribution is 6.30. The molecule has 1 aromatic heterocycles. The predicted molar refractivity (Wildman–Crippen MR) is 70.5 cm³/mol. The minimum Gasteiger partial charge on any atom is -0.368 e. The van der Waals surface area contributed by atoms with Crippen molar-refractivity contribution in [1.29, 1.82) is 0 Å². The Bertz CT molecular complexity index is 748. The maximum Gasteiger partial charge on any atom is 0.320 e. The van der Waals surface area contributed by atoms with Crippen molar-refractivity contribution in [3.8, 4) is 5.69 Å². The molecular formula is C12H10ClN3O3. The molecule has 1 amide bonds. The van der Waals surface area contributed by atoms with Gasteiger partial charge in [0.25, 0.3) is 0 Å². The Kier molecular flexibility index (Phi) is 3.52. The number of rotatable bonds is 3. The van der Waals surface area contributed by atoms with Gasteiger partial charge in [0.15, 0.2) is 0 Å². The molecule has 19 heavy (non-hydrogen) atoms. The molecule has 0 saturated heterocycles. The summed E-state index contributed by atoms with van der Waals surface area (Å²) < 4.78 is 2.12. The van der Waals surface area contributed by atoms with Gasteiger partial charge in [0.2, 0.25) is 5.91 Å². The van der Waals surface area contributed by atoms with E-state index in [1.807, 2.05) is 0 Å². The van der Waals surface area contributed by atoms with Crippen LogP contribution in [-0.2, 0) is 11.3 Å². The highest BCUT2D eigenvalue weighted by Crippen LogP contribution is 2.12. The Morgan fingerprint density at radius 3 is 2.58 bits per heavy atom. The van der Waals surface area contributed by atoms with Gasteiger partial charge in [-0.15, -0.1) is 0 Å². The standard InChI is InChI=1S/C12H10ClN3O3/c13-8-2-1-3-9(6-8)16-5-4-15(7-10(14)17)11(18)12(16)19/h1-6H,7H2,(H2,14,17). The topological polar surface area (TPSA) is 87.1 Å². The van der Waals surface area contributed by atoms with Crippen molar-refractivity contribution >= 4 is 17.5 Å². The SMILES string of the molecule is NC(=O)Cn1ccn(-c2cccc(Cl)c2)c(=O)c1=O. The summed E-state index contributed by atoms with van der Waals surface area (Å²) in [6.07, 6.45) is 2.72. The van der Waals surface area contributed by atoms with E-state index in [0.717, 1.165) is 9.13 Å². The summed E-state index contributed by atoms with van der Waals surface area (Å²) in [6, 6.07) is 6.52. The zero-order valence-corrected chi connectivity index (χ0v) is 10.5. The Balaban J connectivity index is 2.56. The van der Waals surface area contributed by atoms with Crippen molar-refractivity contribution in [3.05, 3.63) is 62.4 Å². The molecule has 0 spiro atoms. The normalized spacial score (nSPS) is 10.4. The molecule has 98 valence electrons. The number of benzene rings is 1. The summed E-state index contributed by atoms with van der Waals surface area (Å²) in [7, 11) is 0. The van der Waals surface area contributed by atoms with Gasteiger partial charge in [0.05, 0.1) is 5.69 Å². The Morgan fingerprint density at radius 1 is 1.21 bits per heavy atom. The Hall–Kier alpha value is -2.34. The fourth-order valence-electron chi connectivity index (χ4n) is 1.63. The summed E-state index contributed by atoms with van der Waals surface area (Å²) in [5.41, 5.74) is 3.87. The second-order valence-corrected chi connectivity index (χ2v) is 4.29. The molecule has 0 unspecified atom stereocenters. The first-order valence-corrected chi connectivity index (χ1v) is 5.73. The molecular weight excluding hydrogens is 270 g/mol.